The van der Waals surface area contributed by atoms with Gasteiger partial charge in [0, 0.05) is 6.42 Å². The Hall–Kier alpha value is -0.520. The number of hydrogen-bond donors (Lipinski definition) is 1. The fraction of sp³-hybridized carbons (Fsp3) is 0.867. The maximum Gasteiger partial charge on any atom is 0.00890 e. The van der Waals surface area contributed by atoms with E-state index in [4.69, 9.17) is 0 Å². The van der Waals surface area contributed by atoms with Crippen molar-refractivity contribution >= 4 is 0 Å². The lowest BCUT2D eigenvalue weighted by Gasteiger charge is -2.31. The SMILES string of the molecule is CC#CCCCCN1CCC(CCNC)CC1. The number of piperidine rings is 1. The number of rotatable bonds is 7. The van der Waals surface area contributed by atoms with Gasteiger partial charge >= 0.3 is 0 Å². The van der Waals surface area contributed by atoms with E-state index in [-0.39, 0.29) is 0 Å². The van der Waals surface area contributed by atoms with Crippen molar-refractivity contribution < 1.29 is 0 Å². The van der Waals surface area contributed by atoms with Gasteiger partial charge in [-0.05, 0) is 78.2 Å². The zero-order chi connectivity index (χ0) is 12.3. The van der Waals surface area contributed by atoms with Crippen LogP contribution in [0, 0.1) is 17.8 Å². The van der Waals surface area contributed by atoms with Crippen LogP contribution in [-0.4, -0.2) is 38.1 Å². The Balaban J connectivity index is 2.00. The van der Waals surface area contributed by atoms with Gasteiger partial charge in [0.25, 0.3) is 0 Å². The van der Waals surface area contributed by atoms with Gasteiger partial charge in [-0.3, -0.25) is 0 Å². The van der Waals surface area contributed by atoms with Crippen molar-refractivity contribution in [3.63, 3.8) is 0 Å². The molecular weight excluding hydrogens is 208 g/mol. The minimum absolute atomic E-state index is 0.963. The molecule has 1 fully saturated rings. The van der Waals surface area contributed by atoms with Gasteiger partial charge in [-0.2, -0.15) is 0 Å². The summed E-state index contributed by atoms with van der Waals surface area (Å²) in [6.07, 6.45) is 7.81. The van der Waals surface area contributed by atoms with Crippen LogP contribution in [0.5, 0.6) is 0 Å². The number of hydrogen-bond acceptors (Lipinski definition) is 2. The first-order valence-electron chi connectivity index (χ1n) is 7.13. The molecule has 1 heterocycles. The van der Waals surface area contributed by atoms with Gasteiger partial charge in [0.1, 0.15) is 0 Å². The fourth-order valence-corrected chi connectivity index (χ4v) is 2.52. The molecule has 0 aromatic heterocycles. The lowest BCUT2D eigenvalue weighted by molar-refractivity contribution is 0.177. The second-order valence-electron chi connectivity index (χ2n) is 5.06. The first-order chi connectivity index (χ1) is 8.36. The number of nitrogens with zero attached hydrogens (tertiary/aromatic N) is 1. The van der Waals surface area contributed by atoms with Crippen LogP contribution in [-0.2, 0) is 0 Å². The number of unbranched alkanes of at least 4 members (excludes halogenated alkanes) is 2. The lowest BCUT2D eigenvalue weighted by atomic mass is 9.93. The third kappa shape index (κ3) is 6.71. The highest BCUT2D eigenvalue weighted by atomic mass is 15.1. The first kappa shape index (κ1) is 14.5. The molecule has 2 nitrogen and oxygen atoms in total. The molecule has 0 radical (unpaired) electrons. The van der Waals surface area contributed by atoms with Crippen LogP contribution in [0.4, 0.5) is 0 Å². The van der Waals surface area contributed by atoms with Crippen LogP contribution in [0.3, 0.4) is 0 Å². The maximum atomic E-state index is 3.25. The van der Waals surface area contributed by atoms with Crippen molar-refractivity contribution in [1.29, 1.82) is 0 Å². The van der Waals surface area contributed by atoms with Crippen molar-refractivity contribution in [2.75, 3.05) is 33.2 Å². The van der Waals surface area contributed by atoms with Gasteiger partial charge in [0.2, 0.25) is 0 Å². The molecule has 0 amide bonds. The lowest BCUT2D eigenvalue weighted by Crippen LogP contribution is -2.35. The minimum atomic E-state index is 0.963. The second kappa shape index (κ2) is 9.50. The van der Waals surface area contributed by atoms with E-state index in [0.29, 0.717) is 0 Å². The largest absolute Gasteiger partial charge is 0.320 e. The molecule has 0 atom stereocenters. The summed E-state index contributed by atoms with van der Waals surface area (Å²) in [5.74, 6) is 7.07. The summed E-state index contributed by atoms with van der Waals surface area (Å²) in [6.45, 7) is 7.02. The summed E-state index contributed by atoms with van der Waals surface area (Å²) in [5.41, 5.74) is 0. The minimum Gasteiger partial charge on any atom is -0.320 e. The molecule has 1 N–H and O–H groups in total. The van der Waals surface area contributed by atoms with E-state index in [9.17, 15) is 0 Å². The highest BCUT2D eigenvalue weighted by molar-refractivity contribution is 4.94. The molecular formula is C15H28N2. The smallest absolute Gasteiger partial charge is 0.00890 e. The average Bonchev–Trinajstić information content (AvgIpc) is 2.37. The molecule has 0 bridgehead atoms. The van der Waals surface area contributed by atoms with E-state index in [1.807, 2.05) is 14.0 Å². The van der Waals surface area contributed by atoms with Gasteiger partial charge < -0.3 is 10.2 Å². The predicted octanol–water partition coefficient (Wildman–Crippen LogP) is 2.50. The van der Waals surface area contributed by atoms with E-state index in [0.717, 1.165) is 12.3 Å². The summed E-state index contributed by atoms with van der Waals surface area (Å²) < 4.78 is 0. The van der Waals surface area contributed by atoms with Crippen LogP contribution >= 0.6 is 0 Å². The Labute approximate surface area is 107 Å². The number of likely N-dealkylation sites (tertiary alicyclic amines) is 1. The molecule has 0 aromatic rings. The predicted molar refractivity (Wildman–Crippen MR) is 75.0 cm³/mol. The van der Waals surface area contributed by atoms with E-state index in [1.165, 1.54) is 58.3 Å². The molecule has 98 valence electrons. The quantitative estimate of drug-likeness (QED) is 0.540. The molecule has 1 aliphatic heterocycles. The van der Waals surface area contributed by atoms with Crippen molar-refractivity contribution in [3.05, 3.63) is 0 Å². The summed E-state index contributed by atoms with van der Waals surface area (Å²) >= 11 is 0. The fourth-order valence-electron chi connectivity index (χ4n) is 2.52. The molecule has 0 aliphatic carbocycles. The zero-order valence-electron chi connectivity index (χ0n) is 11.6. The van der Waals surface area contributed by atoms with Crippen LogP contribution in [0.1, 0.15) is 45.4 Å². The highest BCUT2D eigenvalue weighted by Gasteiger charge is 2.17. The third-order valence-electron chi connectivity index (χ3n) is 3.71. The van der Waals surface area contributed by atoms with Crippen molar-refractivity contribution in [3.8, 4) is 11.8 Å². The second-order valence-corrected chi connectivity index (χ2v) is 5.06. The van der Waals surface area contributed by atoms with Crippen molar-refractivity contribution in [2.24, 2.45) is 5.92 Å². The van der Waals surface area contributed by atoms with Crippen molar-refractivity contribution in [1.82, 2.24) is 10.2 Å². The van der Waals surface area contributed by atoms with Crippen LogP contribution in [0.2, 0.25) is 0 Å². The Morgan fingerprint density at radius 3 is 2.65 bits per heavy atom. The maximum absolute atomic E-state index is 3.25. The van der Waals surface area contributed by atoms with Crippen LogP contribution < -0.4 is 5.32 Å². The van der Waals surface area contributed by atoms with Gasteiger partial charge in [-0.15, -0.1) is 11.8 Å². The molecule has 1 aliphatic rings. The summed E-state index contributed by atoms with van der Waals surface area (Å²) in [7, 11) is 2.05. The van der Waals surface area contributed by atoms with Crippen LogP contribution in [0.15, 0.2) is 0 Å². The molecule has 0 aromatic carbocycles. The van der Waals surface area contributed by atoms with E-state index in [1.54, 1.807) is 0 Å². The summed E-state index contributed by atoms with van der Waals surface area (Å²) in [4.78, 5) is 2.63. The summed E-state index contributed by atoms with van der Waals surface area (Å²) in [5, 5.41) is 3.25. The molecule has 1 saturated heterocycles. The average molecular weight is 236 g/mol. The highest BCUT2D eigenvalue weighted by Crippen LogP contribution is 2.20. The number of nitrogens with one attached hydrogen (secondary N) is 1. The Morgan fingerprint density at radius 1 is 1.24 bits per heavy atom. The molecule has 1 rings (SSSR count). The molecule has 0 spiro atoms. The van der Waals surface area contributed by atoms with Crippen LogP contribution in [0.25, 0.3) is 0 Å². The normalized spacial score (nSPS) is 17.8. The Morgan fingerprint density at radius 2 is 2.00 bits per heavy atom. The van der Waals surface area contributed by atoms with Gasteiger partial charge in [0.15, 0.2) is 0 Å². The Kier molecular flexibility index (Phi) is 8.13. The monoisotopic (exact) mass is 236 g/mol. The molecule has 2 heteroatoms. The third-order valence-corrected chi connectivity index (χ3v) is 3.71. The molecule has 17 heavy (non-hydrogen) atoms. The van der Waals surface area contributed by atoms with Gasteiger partial charge in [-0.25, -0.2) is 0 Å². The van der Waals surface area contributed by atoms with E-state index < -0.39 is 0 Å². The molecule has 0 saturated carbocycles. The zero-order valence-corrected chi connectivity index (χ0v) is 11.6. The van der Waals surface area contributed by atoms with Crippen molar-refractivity contribution in [2.45, 2.75) is 45.4 Å². The van der Waals surface area contributed by atoms with E-state index >= 15 is 0 Å². The van der Waals surface area contributed by atoms with E-state index in [2.05, 4.69) is 22.1 Å². The summed E-state index contributed by atoms with van der Waals surface area (Å²) in [6, 6.07) is 0. The standard InChI is InChI=1S/C15H28N2/c1-3-4-5-6-7-12-17-13-9-15(10-14-17)8-11-16-2/h15-16H,5-14H2,1-2H3. The Bertz CT molecular complexity index is 231. The topological polar surface area (TPSA) is 15.3 Å². The first-order valence-corrected chi connectivity index (χ1v) is 7.13. The van der Waals surface area contributed by atoms with Gasteiger partial charge in [-0.1, -0.05) is 0 Å². The molecule has 0 unspecified atom stereocenters. The van der Waals surface area contributed by atoms with Gasteiger partial charge in [0.05, 0.1) is 0 Å².